The lowest BCUT2D eigenvalue weighted by Crippen LogP contribution is -2.49. The number of nitrogens with zero attached hydrogens (tertiary/aromatic N) is 1. The zero-order chi connectivity index (χ0) is 16.2. The molecule has 1 aliphatic heterocycles. The second kappa shape index (κ2) is 8.49. The van der Waals surface area contributed by atoms with Gasteiger partial charge in [0, 0.05) is 12.6 Å². The molecule has 1 atom stereocenters. The van der Waals surface area contributed by atoms with Gasteiger partial charge < -0.3 is 16.0 Å². The van der Waals surface area contributed by atoms with Crippen LogP contribution in [0.2, 0.25) is 0 Å². The smallest absolute Gasteiger partial charge is 0.325 e. The second-order valence-electron chi connectivity index (χ2n) is 6.23. The number of halogens is 1. The van der Waals surface area contributed by atoms with Gasteiger partial charge in [0.1, 0.15) is 12.1 Å². The molecule has 0 aromatic rings. The van der Waals surface area contributed by atoms with E-state index in [-0.39, 0.29) is 36.8 Å². The molecule has 0 unspecified atom stereocenters. The number of rotatable bonds is 6. The molecule has 3 N–H and O–H groups in total. The summed E-state index contributed by atoms with van der Waals surface area (Å²) in [5, 5.41) is 8.74. The molecule has 2 aliphatic rings. The van der Waals surface area contributed by atoms with Crippen molar-refractivity contribution in [2.75, 3.05) is 19.6 Å². The lowest BCUT2D eigenvalue weighted by molar-refractivity contribution is -0.135. The lowest BCUT2D eigenvalue weighted by atomic mass is 9.82. The van der Waals surface area contributed by atoms with Crippen LogP contribution in [0.1, 0.15) is 46.0 Å². The number of hydrogen-bond acceptors (Lipinski definition) is 4. The Morgan fingerprint density at radius 2 is 1.96 bits per heavy atom. The normalized spacial score (nSPS) is 20.9. The summed E-state index contributed by atoms with van der Waals surface area (Å²) in [6.45, 7) is 5.06. The third-order valence-corrected chi connectivity index (χ3v) is 4.41. The van der Waals surface area contributed by atoms with Crippen molar-refractivity contribution < 1.29 is 14.4 Å². The summed E-state index contributed by atoms with van der Waals surface area (Å²) >= 11 is 0. The van der Waals surface area contributed by atoms with Gasteiger partial charge >= 0.3 is 6.03 Å². The molecule has 8 heteroatoms. The maximum atomic E-state index is 12.5. The van der Waals surface area contributed by atoms with Gasteiger partial charge in [-0.2, -0.15) is 0 Å². The quantitative estimate of drug-likeness (QED) is 0.620. The fraction of sp³-hybridized carbons (Fsp3) is 0.800. The van der Waals surface area contributed by atoms with E-state index in [1.54, 1.807) is 0 Å². The molecular weight excluding hydrogens is 320 g/mol. The van der Waals surface area contributed by atoms with E-state index >= 15 is 0 Å². The van der Waals surface area contributed by atoms with E-state index in [9.17, 15) is 14.4 Å². The molecule has 4 amide bonds. The molecule has 2 fully saturated rings. The number of nitrogens with one attached hydrogen (secondary N) is 3. The Labute approximate surface area is 143 Å². The van der Waals surface area contributed by atoms with Gasteiger partial charge in [-0.3, -0.25) is 14.5 Å². The Kier molecular flexibility index (Phi) is 7.28. The molecule has 0 bridgehead atoms. The highest BCUT2D eigenvalue weighted by Gasteiger charge is 2.51. The standard InChI is InChI=1S/C15H26N4O3.ClH/c1-3-16-11(2)9-17-12(20)10-19-13(21)15(18-14(19)22)7-5-4-6-8-15;/h11,16H,3-10H2,1-2H3,(H,17,20)(H,18,22);1H/t11-;/m1./s1. The van der Waals surface area contributed by atoms with Crippen molar-refractivity contribution in [2.24, 2.45) is 0 Å². The van der Waals surface area contributed by atoms with Crippen LogP contribution in [0.3, 0.4) is 0 Å². The molecule has 1 spiro atoms. The van der Waals surface area contributed by atoms with Crippen molar-refractivity contribution in [3.05, 3.63) is 0 Å². The third-order valence-electron chi connectivity index (χ3n) is 4.41. The fourth-order valence-corrected chi connectivity index (χ4v) is 3.20. The maximum Gasteiger partial charge on any atom is 0.325 e. The average Bonchev–Trinajstić information content (AvgIpc) is 2.71. The molecule has 1 heterocycles. The van der Waals surface area contributed by atoms with Gasteiger partial charge in [-0.15, -0.1) is 12.4 Å². The van der Waals surface area contributed by atoms with Crippen molar-refractivity contribution in [2.45, 2.75) is 57.5 Å². The van der Waals surface area contributed by atoms with Gasteiger partial charge in [-0.1, -0.05) is 26.2 Å². The van der Waals surface area contributed by atoms with Crippen molar-refractivity contribution >= 4 is 30.3 Å². The fourth-order valence-electron chi connectivity index (χ4n) is 3.20. The monoisotopic (exact) mass is 346 g/mol. The first kappa shape index (κ1) is 19.7. The number of amides is 4. The van der Waals surface area contributed by atoms with Gasteiger partial charge in [0.25, 0.3) is 5.91 Å². The van der Waals surface area contributed by atoms with Crippen LogP contribution < -0.4 is 16.0 Å². The van der Waals surface area contributed by atoms with Crippen molar-refractivity contribution in [3.8, 4) is 0 Å². The number of carbonyl (C=O) groups is 3. The molecule has 0 aromatic heterocycles. The summed E-state index contributed by atoms with van der Waals surface area (Å²) in [7, 11) is 0. The summed E-state index contributed by atoms with van der Waals surface area (Å²) in [4.78, 5) is 37.6. The summed E-state index contributed by atoms with van der Waals surface area (Å²) in [5.74, 6) is -0.548. The zero-order valence-electron chi connectivity index (χ0n) is 13.8. The molecule has 1 saturated heterocycles. The molecule has 7 nitrogen and oxygen atoms in total. The van der Waals surface area contributed by atoms with Crippen LogP contribution in [0.25, 0.3) is 0 Å². The third kappa shape index (κ3) is 4.57. The first-order chi connectivity index (χ1) is 10.5. The van der Waals surface area contributed by atoms with Crippen LogP contribution >= 0.6 is 12.4 Å². The Morgan fingerprint density at radius 3 is 2.57 bits per heavy atom. The Bertz CT molecular complexity index is 452. The van der Waals surface area contributed by atoms with E-state index in [0.29, 0.717) is 19.4 Å². The van der Waals surface area contributed by atoms with E-state index in [1.807, 2.05) is 13.8 Å². The van der Waals surface area contributed by atoms with E-state index in [1.165, 1.54) is 0 Å². The number of hydrogen-bond donors (Lipinski definition) is 3. The van der Waals surface area contributed by atoms with E-state index in [2.05, 4.69) is 16.0 Å². The molecule has 23 heavy (non-hydrogen) atoms. The molecular formula is C15H27ClN4O3. The summed E-state index contributed by atoms with van der Waals surface area (Å²) in [6.07, 6.45) is 4.31. The topological polar surface area (TPSA) is 90.5 Å². The van der Waals surface area contributed by atoms with Gasteiger partial charge in [-0.25, -0.2) is 4.79 Å². The number of carbonyl (C=O) groups excluding carboxylic acids is 3. The largest absolute Gasteiger partial charge is 0.353 e. The van der Waals surface area contributed by atoms with Crippen molar-refractivity contribution in [3.63, 3.8) is 0 Å². The minimum atomic E-state index is -0.757. The van der Waals surface area contributed by atoms with Crippen molar-refractivity contribution in [1.29, 1.82) is 0 Å². The van der Waals surface area contributed by atoms with Crippen LogP contribution in [0.15, 0.2) is 0 Å². The van der Waals surface area contributed by atoms with Gasteiger partial charge in [0.15, 0.2) is 0 Å². The Hall–Kier alpha value is -1.34. The van der Waals surface area contributed by atoms with Crippen LogP contribution in [-0.4, -0.2) is 54.0 Å². The Morgan fingerprint density at radius 1 is 1.30 bits per heavy atom. The van der Waals surface area contributed by atoms with Crippen molar-refractivity contribution in [1.82, 2.24) is 20.9 Å². The summed E-state index contributed by atoms with van der Waals surface area (Å²) in [6, 6.07) is -0.288. The summed E-state index contributed by atoms with van der Waals surface area (Å²) < 4.78 is 0. The minimum absolute atomic E-state index is 0. The lowest BCUT2D eigenvalue weighted by Gasteiger charge is -2.30. The van der Waals surface area contributed by atoms with Crippen LogP contribution in [0, 0.1) is 0 Å². The Balaban J connectivity index is 0.00000264. The van der Waals surface area contributed by atoms with E-state index in [4.69, 9.17) is 0 Å². The van der Waals surface area contributed by atoms with E-state index in [0.717, 1.165) is 30.7 Å². The highest BCUT2D eigenvalue weighted by molar-refractivity contribution is 6.09. The zero-order valence-corrected chi connectivity index (χ0v) is 14.6. The van der Waals surface area contributed by atoms with Crippen LogP contribution in [0.4, 0.5) is 4.79 Å². The second-order valence-corrected chi connectivity index (χ2v) is 6.23. The summed E-state index contributed by atoms with van der Waals surface area (Å²) in [5.41, 5.74) is -0.757. The van der Waals surface area contributed by atoms with Gasteiger partial charge in [0.05, 0.1) is 0 Å². The highest BCUT2D eigenvalue weighted by Crippen LogP contribution is 2.33. The number of likely N-dealkylation sites (N-methyl/N-ethyl adjacent to an activating group) is 1. The van der Waals surface area contributed by atoms with Crippen LogP contribution in [0.5, 0.6) is 0 Å². The average molecular weight is 347 g/mol. The number of imide groups is 1. The molecule has 132 valence electrons. The minimum Gasteiger partial charge on any atom is -0.353 e. The highest BCUT2D eigenvalue weighted by atomic mass is 35.5. The van der Waals surface area contributed by atoms with E-state index < -0.39 is 11.6 Å². The first-order valence-corrected chi connectivity index (χ1v) is 8.12. The molecule has 0 aromatic carbocycles. The van der Waals surface area contributed by atoms with Gasteiger partial charge in [0.2, 0.25) is 5.91 Å². The van der Waals surface area contributed by atoms with Gasteiger partial charge in [-0.05, 0) is 26.3 Å². The molecule has 1 saturated carbocycles. The van der Waals surface area contributed by atoms with Crippen LogP contribution in [-0.2, 0) is 9.59 Å². The molecule has 1 aliphatic carbocycles. The SMILES string of the molecule is CCN[C@H](C)CNC(=O)CN1C(=O)NC2(CCCCC2)C1=O.Cl. The predicted molar refractivity (Wildman–Crippen MR) is 89.5 cm³/mol. The molecule has 0 radical (unpaired) electrons. The predicted octanol–water partition coefficient (Wildman–Crippen LogP) is 0.777. The molecule has 2 rings (SSSR count). The maximum absolute atomic E-state index is 12.5. The first-order valence-electron chi connectivity index (χ1n) is 8.12. The number of urea groups is 1.